The Morgan fingerprint density at radius 3 is 2.85 bits per heavy atom. The number of likely N-dealkylation sites (tertiary alicyclic amines) is 1. The SMILES string of the molecule is CC(C)CN1CC(NC(=O)c2n[nH]c3ccc(-c4cncc(F)c4)cc23)C1. The number of aromatic amines is 1. The lowest BCUT2D eigenvalue weighted by Gasteiger charge is -2.40. The molecule has 3 aromatic rings. The molecule has 0 radical (unpaired) electrons. The van der Waals surface area contributed by atoms with Gasteiger partial charge in [0.2, 0.25) is 0 Å². The van der Waals surface area contributed by atoms with Crippen molar-refractivity contribution in [2.75, 3.05) is 19.6 Å². The van der Waals surface area contributed by atoms with Crippen LogP contribution in [0.15, 0.2) is 36.7 Å². The highest BCUT2D eigenvalue weighted by Crippen LogP contribution is 2.25. The third-order valence-electron chi connectivity index (χ3n) is 4.73. The lowest BCUT2D eigenvalue weighted by molar-refractivity contribution is 0.0780. The predicted octanol–water partition coefficient (Wildman–Crippen LogP) is 2.83. The van der Waals surface area contributed by atoms with Crippen LogP contribution in [0.25, 0.3) is 22.0 Å². The largest absolute Gasteiger partial charge is 0.345 e. The van der Waals surface area contributed by atoms with E-state index in [0.29, 0.717) is 22.6 Å². The van der Waals surface area contributed by atoms with Gasteiger partial charge in [0, 0.05) is 36.8 Å². The molecule has 1 saturated heterocycles. The number of nitrogens with one attached hydrogen (secondary N) is 2. The van der Waals surface area contributed by atoms with Crippen LogP contribution in [0.4, 0.5) is 4.39 Å². The van der Waals surface area contributed by atoms with Crippen molar-refractivity contribution in [3.63, 3.8) is 0 Å². The molecule has 4 rings (SSSR count). The van der Waals surface area contributed by atoms with Crippen molar-refractivity contribution in [3.8, 4) is 11.1 Å². The second kappa shape index (κ2) is 7.08. The quantitative estimate of drug-likeness (QED) is 0.727. The van der Waals surface area contributed by atoms with Gasteiger partial charge in [0.1, 0.15) is 5.82 Å². The molecule has 1 fully saturated rings. The maximum Gasteiger partial charge on any atom is 0.272 e. The van der Waals surface area contributed by atoms with E-state index in [-0.39, 0.29) is 11.9 Å². The summed E-state index contributed by atoms with van der Waals surface area (Å²) in [5, 5.41) is 10.8. The number of amides is 1. The number of benzene rings is 1. The third kappa shape index (κ3) is 3.68. The van der Waals surface area contributed by atoms with E-state index in [4.69, 9.17) is 0 Å². The molecule has 1 aliphatic heterocycles. The molecular weight excluding hydrogens is 345 g/mol. The average Bonchev–Trinajstić information content (AvgIpc) is 3.02. The molecule has 1 aromatic carbocycles. The van der Waals surface area contributed by atoms with E-state index in [1.807, 2.05) is 18.2 Å². The summed E-state index contributed by atoms with van der Waals surface area (Å²) in [6, 6.07) is 7.11. The number of carbonyl (C=O) groups excluding carboxylic acids is 1. The van der Waals surface area contributed by atoms with Crippen molar-refractivity contribution in [1.29, 1.82) is 0 Å². The highest BCUT2D eigenvalue weighted by molar-refractivity contribution is 6.05. The van der Waals surface area contributed by atoms with E-state index in [0.717, 1.165) is 30.7 Å². The molecule has 7 heteroatoms. The fraction of sp³-hybridized carbons (Fsp3) is 0.350. The van der Waals surface area contributed by atoms with E-state index >= 15 is 0 Å². The Balaban J connectivity index is 1.52. The summed E-state index contributed by atoms with van der Waals surface area (Å²) in [5.41, 5.74) is 2.58. The molecule has 0 atom stereocenters. The minimum Gasteiger partial charge on any atom is -0.345 e. The number of aromatic nitrogens is 3. The van der Waals surface area contributed by atoms with Crippen LogP contribution in [0.2, 0.25) is 0 Å². The number of halogens is 1. The van der Waals surface area contributed by atoms with Gasteiger partial charge in [-0.25, -0.2) is 4.39 Å². The zero-order valence-electron chi connectivity index (χ0n) is 15.4. The number of H-pyrrole nitrogens is 1. The summed E-state index contributed by atoms with van der Waals surface area (Å²) in [5.74, 6) is 0.0336. The lowest BCUT2D eigenvalue weighted by atomic mass is 10.0. The predicted molar refractivity (Wildman–Crippen MR) is 102 cm³/mol. The van der Waals surface area contributed by atoms with Gasteiger partial charge in [0.25, 0.3) is 5.91 Å². The number of hydrogen-bond acceptors (Lipinski definition) is 4. The highest BCUT2D eigenvalue weighted by Gasteiger charge is 2.29. The first-order chi connectivity index (χ1) is 13.0. The van der Waals surface area contributed by atoms with Crippen LogP contribution in [-0.2, 0) is 0 Å². The van der Waals surface area contributed by atoms with Gasteiger partial charge < -0.3 is 5.32 Å². The Bertz CT molecular complexity index is 977. The topological polar surface area (TPSA) is 73.9 Å². The first kappa shape index (κ1) is 17.6. The summed E-state index contributed by atoms with van der Waals surface area (Å²) >= 11 is 0. The Labute approximate surface area is 156 Å². The van der Waals surface area contributed by atoms with Crippen LogP contribution in [0.5, 0.6) is 0 Å². The van der Waals surface area contributed by atoms with Crippen LogP contribution < -0.4 is 5.32 Å². The Hall–Kier alpha value is -2.80. The monoisotopic (exact) mass is 367 g/mol. The summed E-state index contributed by atoms with van der Waals surface area (Å²) in [4.78, 5) is 18.9. The molecule has 27 heavy (non-hydrogen) atoms. The molecule has 0 spiro atoms. The molecule has 1 aliphatic rings. The second-order valence-corrected chi connectivity index (χ2v) is 7.51. The number of fused-ring (bicyclic) bond motifs is 1. The first-order valence-corrected chi connectivity index (χ1v) is 9.12. The Morgan fingerprint density at radius 1 is 1.30 bits per heavy atom. The maximum atomic E-state index is 13.5. The van der Waals surface area contributed by atoms with Crippen molar-refractivity contribution in [2.24, 2.45) is 5.92 Å². The number of pyridine rings is 1. The van der Waals surface area contributed by atoms with Crippen LogP contribution >= 0.6 is 0 Å². The van der Waals surface area contributed by atoms with Gasteiger partial charge in [-0.1, -0.05) is 19.9 Å². The summed E-state index contributed by atoms with van der Waals surface area (Å²) in [6.45, 7) is 7.16. The van der Waals surface area contributed by atoms with Gasteiger partial charge in [-0.2, -0.15) is 5.10 Å². The molecule has 0 bridgehead atoms. The highest BCUT2D eigenvalue weighted by atomic mass is 19.1. The molecule has 6 nitrogen and oxygen atoms in total. The zero-order valence-corrected chi connectivity index (χ0v) is 15.4. The Kier molecular flexibility index (Phi) is 4.61. The normalized spacial score (nSPS) is 15.3. The van der Waals surface area contributed by atoms with Gasteiger partial charge >= 0.3 is 0 Å². The minimum atomic E-state index is -0.395. The Morgan fingerprint density at radius 2 is 2.11 bits per heavy atom. The fourth-order valence-electron chi connectivity index (χ4n) is 3.52. The van der Waals surface area contributed by atoms with Crippen LogP contribution in [0, 0.1) is 11.7 Å². The van der Waals surface area contributed by atoms with Gasteiger partial charge in [-0.05, 0) is 29.7 Å². The van der Waals surface area contributed by atoms with E-state index in [9.17, 15) is 9.18 Å². The molecule has 140 valence electrons. The summed E-state index contributed by atoms with van der Waals surface area (Å²) in [7, 11) is 0. The molecule has 2 N–H and O–H groups in total. The second-order valence-electron chi connectivity index (χ2n) is 7.51. The van der Waals surface area contributed by atoms with E-state index in [1.54, 1.807) is 6.20 Å². The third-order valence-corrected chi connectivity index (χ3v) is 4.73. The lowest BCUT2D eigenvalue weighted by Crippen LogP contribution is -2.59. The fourth-order valence-corrected chi connectivity index (χ4v) is 3.52. The smallest absolute Gasteiger partial charge is 0.272 e. The number of hydrogen-bond donors (Lipinski definition) is 2. The van der Waals surface area contributed by atoms with Crippen LogP contribution in [0.3, 0.4) is 0 Å². The zero-order chi connectivity index (χ0) is 19.0. The van der Waals surface area contributed by atoms with Gasteiger partial charge in [-0.15, -0.1) is 0 Å². The van der Waals surface area contributed by atoms with Gasteiger partial charge in [-0.3, -0.25) is 19.8 Å². The molecule has 1 amide bonds. The van der Waals surface area contributed by atoms with E-state index < -0.39 is 5.82 Å². The molecular formula is C20H22FN5O. The van der Waals surface area contributed by atoms with Crippen molar-refractivity contribution in [2.45, 2.75) is 19.9 Å². The molecule has 3 heterocycles. The first-order valence-electron chi connectivity index (χ1n) is 9.12. The van der Waals surface area contributed by atoms with Crippen LogP contribution in [-0.4, -0.2) is 51.7 Å². The summed E-state index contributed by atoms with van der Waals surface area (Å²) in [6.07, 6.45) is 2.77. The molecule has 0 saturated carbocycles. The van der Waals surface area contributed by atoms with Gasteiger partial charge in [0.05, 0.1) is 17.8 Å². The van der Waals surface area contributed by atoms with Crippen LogP contribution in [0.1, 0.15) is 24.3 Å². The maximum absolute atomic E-state index is 13.5. The number of carbonyl (C=O) groups is 1. The van der Waals surface area contributed by atoms with E-state index in [2.05, 4.69) is 39.2 Å². The molecule has 0 aliphatic carbocycles. The van der Waals surface area contributed by atoms with Crippen molar-refractivity contribution in [1.82, 2.24) is 25.4 Å². The summed E-state index contributed by atoms with van der Waals surface area (Å²) < 4.78 is 13.5. The van der Waals surface area contributed by atoms with Crippen molar-refractivity contribution in [3.05, 3.63) is 48.2 Å². The molecule has 2 aromatic heterocycles. The molecule has 0 unspecified atom stereocenters. The van der Waals surface area contributed by atoms with E-state index in [1.165, 1.54) is 12.3 Å². The number of nitrogens with zero attached hydrogens (tertiary/aromatic N) is 3. The minimum absolute atomic E-state index is 0.151. The number of rotatable bonds is 5. The van der Waals surface area contributed by atoms with Crippen molar-refractivity contribution < 1.29 is 9.18 Å². The van der Waals surface area contributed by atoms with Gasteiger partial charge in [0.15, 0.2) is 5.69 Å². The van der Waals surface area contributed by atoms with Crippen molar-refractivity contribution >= 4 is 16.8 Å². The standard InChI is InChI=1S/C20H22FN5O/c1-12(2)9-26-10-16(11-26)23-20(27)19-17-6-13(3-4-18(17)24-25-19)14-5-15(21)8-22-7-14/h3-8,12,16H,9-11H2,1-2H3,(H,23,27)(H,24,25). The average molecular weight is 367 g/mol.